The van der Waals surface area contributed by atoms with Gasteiger partial charge in [0.05, 0.1) is 30.0 Å². The smallest absolute Gasteiger partial charge is 0.259 e. The Balaban J connectivity index is 1.81. The van der Waals surface area contributed by atoms with Crippen LogP contribution in [0.2, 0.25) is 5.02 Å². The van der Waals surface area contributed by atoms with Crippen LogP contribution in [0, 0.1) is 0 Å². The fourth-order valence-corrected chi connectivity index (χ4v) is 3.11. The highest BCUT2D eigenvalue weighted by molar-refractivity contribution is 6.31. The van der Waals surface area contributed by atoms with Crippen molar-refractivity contribution in [1.82, 2.24) is 5.32 Å². The van der Waals surface area contributed by atoms with Gasteiger partial charge >= 0.3 is 0 Å². The number of rotatable bonds is 6. The maximum absolute atomic E-state index is 12.8. The molecule has 0 saturated heterocycles. The number of benzene rings is 3. The zero-order chi connectivity index (χ0) is 20.8. The second-order valence-corrected chi connectivity index (χ2v) is 6.89. The predicted octanol–water partition coefficient (Wildman–Crippen LogP) is 5.09. The number of hydrogen-bond donors (Lipinski definition) is 2. The molecule has 2 amide bonds. The molecule has 1 atom stereocenters. The molecule has 0 radical (unpaired) electrons. The molecule has 6 heteroatoms. The van der Waals surface area contributed by atoms with Gasteiger partial charge in [-0.3, -0.25) is 9.59 Å². The molecule has 0 saturated carbocycles. The Bertz CT molecular complexity index is 1020. The quantitative estimate of drug-likeness (QED) is 0.596. The minimum atomic E-state index is -0.416. The lowest BCUT2D eigenvalue weighted by Gasteiger charge is -2.17. The summed E-state index contributed by atoms with van der Waals surface area (Å²) in [5.74, 6) is -0.303. The number of anilines is 1. The number of carbonyl (C=O) groups is 2. The van der Waals surface area contributed by atoms with Crippen LogP contribution in [0.15, 0.2) is 72.8 Å². The Kier molecular flexibility index (Phi) is 6.52. The summed E-state index contributed by atoms with van der Waals surface area (Å²) in [6, 6.07) is 21.1. The maximum atomic E-state index is 12.8. The second kappa shape index (κ2) is 9.26. The summed E-state index contributed by atoms with van der Waals surface area (Å²) >= 11 is 6.02. The van der Waals surface area contributed by atoms with Crippen LogP contribution < -0.4 is 15.4 Å². The van der Waals surface area contributed by atoms with Crippen molar-refractivity contribution >= 4 is 29.1 Å². The fourth-order valence-electron chi connectivity index (χ4n) is 2.94. The van der Waals surface area contributed by atoms with Gasteiger partial charge in [-0.1, -0.05) is 54.1 Å². The van der Waals surface area contributed by atoms with E-state index >= 15 is 0 Å². The van der Waals surface area contributed by atoms with E-state index in [1.165, 1.54) is 13.2 Å². The minimum Gasteiger partial charge on any atom is -0.496 e. The molecule has 29 heavy (non-hydrogen) atoms. The van der Waals surface area contributed by atoms with Crippen LogP contribution in [-0.2, 0) is 0 Å². The van der Waals surface area contributed by atoms with Crippen LogP contribution in [0.4, 0.5) is 5.69 Å². The van der Waals surface area contributed by atoms with E-state index < -0.39 is 5.91 Å². The molecule has 0 aliphatic rings. The van der Waals surface area contributed by atoms with Gasteiger partial charge in [-0.2, -0.15) is 0 Å². The molecule has 148 valence electrons. The van der Waals surface area contributed by atoms with E-state index in [0.717, 1.165) is 5.56 Å². The summed E-state index contributed by atoms with van der Waals surface area (Å²) in [4.78, 5) is 25.6. The van der Waals surface area contributed by atoms with E-state index in [1.807, 2.05) is 37.3 Å². The Morgan fingerprint density at radius 1 is 0.897 bits per heavy atom. The Morgan fingerprint density at radius 2 is 1.59 bits per heavy atom. The van der Waals surface area contributed by atoms with Crippen LogP contribution in [0.5, 0.6) is 5.75 Å². The van der Waals surface area contributed by atoms with Crippen molar-refractivity contribution in [3.05, 3.63) is 94.5 Å². The van der Waals surface area contributed by atoms with Gasteiger partial charge in [-0.15, -0.1) is 0 Å². The van der Waals surface area contributed by atoms with Crippen LogP contribution in [0.3, 0.4) is 0 Å². The number of nitrogens with one attached hydrogen (secondary N) is 2. The number of para-hydroxylation sites is 1. The van der Waals surface area contributed by atoms with E-state index in [9.17, 15) is 9.59 Å². The first-order chi connectivity index (χ1) is 14.0. The third-order valence-corrected chi connectivity index (χ3v) is 4.71. The van der Waals surface area contributed by atoms with Crippen molar-refractivity contribution in [2.24, 2.45) is 0 Å². The highest BCUT2D eigenvalue weighted by Gasteiger charge is 2.18. The van der Waals surface area contributed by atoms with Crippen LogP contribution >= 0.6 is 11.6 Å². The van der Waals surface area contributed by atoms with Crippen molar-refractivity contribution in [1.29, 1.82) is 0 Å². The monoisotopic (exact) mass is 408 g/mol. The summed E-state index contributed by atoms with van der Waals surface area (Å²) in [7, 11) is 1.48. The Morgan fingerprint density at radius 3 is 2.31 bits per heavy atom. The lowest BCUT2D eigenvalue weighted by molar-refractivity contribution is 0.0941. The van der Waals surface area contributed by atoms with Gasteiger partial charge in [0.15, 0.2) is 0 Å². The molecule has 2 N–H and O–H groups in total. The summed E-state index contributed by atoms with van der Waals surface area (Å²) in [6.07, 6.45) is 0. The Hall–Kier alpha value is -3.31. The van der Waals surface area contributed by atoms with Crippen LogP contribution in [0.1, 0.15) is 39.2 Å². The number of ether oxygens (including phenoxy) is 1. The molecule has 3 rings (SSSR count). The third kappa shape index (κ3) is 4.95. The first-order valence-corrected chi connectivity index (χ1v) is 9.47. The first-order valence-electron chi connectivity index (χ1n) is 9.09. The standard InChI is InChI=1S/C23H21ClN2O3/c1-15(16-8-4-3-5-9-16)25-22(27)18-10-6-7-11-20(18)26-23(28)19-14-17(24)12-13-21(19)29-2/h3-15H,1-2H3,(H,25,27)(H,26,28)/t15-/m1/s1. The van der Waals surface area contributed by atoms with Crippen molar-refractivity contribution < 1.29 is 14.3 Å². The summed E-state index contributed by atoms with van der Waals surface area (Å²) < 4.78 is 5.24. The van der Waals surface area contributed by atoms with E-state index in [2.05, 4.69) is 10.6 Å². The number of halogens is 1. The molecule has 0 aromatic heterocycles. The lowest BCUT2D eigenvalue weighted by Crippen LogP contribution is -2.28. The first kappa shape index (κ1) is 20.4. The molecule has 3 aromatic carbocycles. The zero-order valence-corrected chi connectivity index (χ0v) is 16.9. The van der Waals surface area contributed by atoms with Gasteiger partial charge in [-0.05, 0) is 42.8 Å². The van der Waals surface area contributed by atoms with Crippen molar-refractivity contribution in [3.8, 4) is 5.75 Å². The fraction of sp³-hybridized carbons (Fsp3) is 0.130. The molecule has 0 aliphatic carbocycles. The predicted molar refractivity (Wildman–Crippen MR) is 115 cm³/mol. The number of methoxy groups -OCH3 is 1. The summed E-state index contributed by atoms with van der Waals surface area (Å²) in [6.45, 7) is 1.91. The SMILES string of the molecule is COc1ccc(Cl)cc1C(=O)Nc1ccccc1C(=O)N[C@H](C)c1ccccc1. The van der Waals surface area contributed by atoms with E-state index in [1.54, 1.807) is 36.4 Å². The topological polar surface area (TPSA) is 67.4 Å². The maximum Gasteiger partial charge on any atom is 0.259 e. The molecular formula is C23H21ClN2O3. The molecule has 0 heterocycles. The van der Waals surface area contributed by atoms with Gasteiger partial charge in [0.25, 0.3) is 11.8 Å². The van der Waals surface area contributed by atoms with Crippen LogP contribution in [0.25, 0.3) is 0 Å². The van der Waals surface area contributed by atoms with Crippen molar-refractivity contribution in [2.75, 3.05) is 12.4 Å². The average Bonchev–Trinajstić information content (AvgIpc) is 2.74. The molecule has 3 aromatic rings. The van der Waals surface area contributed by atoms with E-state index in [-0.39, 0.29) is 17.5 Å². The number of hydrogen-bond acceptors (Lipinski definition) is 3. The third-order valence-electron chi connectivity index (χ3n) is 4.47. The normalized spacial score (nSPS) is 11.4. The minimum absolute atomic E-state index is 0.180. The molecular weight excluding hydrogens is 388 g/mol. The van der Waals surface area contributed by atoms with Crippen molar-refractivity contribution in [3.63, 3.8) is 0 Å². The molecule has 5 nitrogen and oxygen atoms in total. The lowest BCUT2D eigenvalue weighted by atomic mass is 10.1. The highest BCUT2D eigenvalue weighted by Crippen LogP contribution is 2.25. The van der Waals surface area contributed by atoms with E-state index in [4.69, 9.17) is 16.3 Å². The molecule has 0 bridgehead atoms. The summed E-state index contributed by atoms with van der Waals surface area (Å²) in [5, 5.41) is 6.16. The highest BCUT2D eigenvalue weighted by atomic mass is 35.5. The number of amides is 2. The van der Waals surface area contributed by atoms with Crippen LogP contribution in [-0.4, -0.2) is 18.9 Å². The van der Waals surface area contributed by atoms with Gasteiger partial charge in [0, 0.05) is 5.02 Å². The van der Waals surface area contributed by atoms with Gasteiger partial charge < -0.3 is 15.4 Å². The van der Waals surface area contributed by atoms with Gasteiger partial charge in [-0.25, -0.2) is 0 Å². The molecule has 0 spiro atoms. The van der Waals surface area contributed by atoms with E-state index in [0.29, 0.717) is 22.0 Å². The van der Waals surface area contributed by atoms with Gasteiger partial charge in [0.2, 0.25) is 0 Å². The largest absolute Gasteiger partial charge is 0.496 e. The Labute approximate surface area is 174 Å². The molecule has 0 unspecified atom stereocenters. The van der Waals surface area contributed by atoms with Gasteiger partial charge in [0.1, 0.15) is 5.75 Å². The zero-order valence-electron chi connectivity index (χ0n) is 16.1. The average molecular weight is 409 g/mol. The number of carbonyl (C=O) groups excluding carboxylic acids is 2. The summed E-state index contributed by atoms with van der Waals surface area (Å²) in [5.41, 5.74) is 2.04. The van der Waals surface area contributed by atoms with Crippen molar-refractivity contribution in [2.45, 2.75) is 13.0 Å². The second-order valence-electron chi connectivity index (χ2n) is 6.45. The molecule has 0 fully saturated rings. The molecule has 0 aliphatic heterocycles.